The minimum atomic E-state index is -1.03. The number of alkyl carbamates (subject to hydrolysis) is 1. The van der Waals surface area contributed by atoms with E-state index in [1.54, 1.807) is 39.0 Å². The molecule has 1 aromatic heterocycles. The molecule has 1 aromatic carbocycles. The summed E-state index contributed by atoms with van der Waals surface area (Å²) in [6.45, 7) is 5.09. The molecule has 32 heavy (non-hydrogen) atoms. The number of ether oxygens (including phenoxy) is 3. The third-order valence-electron chi connectivity index (χ3n) is 4.23. The van der Waals surface area contributed by atoms with Gasteiger partial charge in [-0.3, -0.25) is 4.79 Å². The summed E-state index contributed by atoms with van der Waals surface area (Å²) >= 11 is 0. The molecule has 172 valence electrons. The predicted octanol–water partition coefficient (Wildman–Crippen LogP) is 3.83. The highest BCUT2D eigenvalue weighted by Gasteiger charge is 2.25. The molecule has 8 nitrogen and oxygen atoms in total. The van der Waals surface area contributed by atoms with Crippen molar-refractivity contribution in [2.45, 2.75) is 51.9 Å². The van der Waals surface area contributed by atoms with Crippen molar-refractivity contribution < 1.29 is 33.0 Å². The quantitative estimate of drug-likeness (QED) is 0.461. The van der Waals surface area contributed by atoms with Crippen LogP contribution in [0.15, 0.2) is 42.6 Å². The maximum Gasteiger partial charge on any atom is 0.408 e. The molecule has 1 unspecified atom stereocenters. The molecule has 0 aliphatic rings. The monoisotopic (exact) mass is 446 g/mol. The number of hydrogen-bond donors (Lipinski definition) is 1. The van der Waals surface area contributed by atoms with E-state index in [9.17, 15) is 18.8 Å². The molecule has 0 fully saturated rings. The van der Waals surface area contributed by atoms with Crippen molar-refractivity contribution in [2.24, 2.45) is 0 Å². The van der Waals surface area contributed by atoms with Gasteiger partial charge in [0, 0.05) is 29.8 Å². The Morgan fingerprint density at radius 3 is 2.44 bits per heavy atom. The topological polar surface area (TPSA) is 104 Å². The molecule has 0 saturated heterocycles. The summed E-state index contributed by atoms with van der Waals surface area (Å²) in [6.07, 6.45) is 0.550. The maximum absolute atomic E-state index is 13.6. The van der Waals surface area contributed by atoms with Gasteiger partial charge in [0.1, 0.15) is 24.1 Å². The zero-order valence-corrected chi connectivity index (χ0v) is 18.5. The second kappa shape index (κ2) is 11.2. The lowest BCUT2D eigenvalue weighted by Gasteiger charge is -2.22. The Labute approximate surface area is 186 Å². The summed E-state index contributed by atoms with van der Waals surface area (Å²) < 4.78 is 28.9. The average molecular weight is 446 g/mol. The van der Waals surface area contributed by atoms with Gasteiger partial charge in [0.25, 0.3) is 0 Å². The number of nitrogens with one attached hydrogen (secondary N) is 1. The first-order valence-electron chi connectivity index (χ1n) is 10.0. The van der Waals surface area contributed by atoms with Crippen LogP contribution in [-0.2, 0) is 20.9 Å². The number of nitrogens with zero attached hydrogens (tertiary/aromatic N) is 1. The molecule has 0 saturated carbocycles. The lowest BCUT2D eigenvalue weighted by Crippen LogP contribution is -2.44. The molecular weight excluding hydrogens is 419 g/mol. The van der Waals surface area contributed by atoms with Crippen LogP contribution >= 0.6 is 0 Å². The van der Waals surface area contributed by atoms with Crippen LogP contribution in [0.3, 0.4) is 0 Å². The van der Waals surface area contributed by atoms with Gasteiger partial charge < -0.3 is 19.5 Å². The van der Waals surface area contributed by atoms with Crippen LogP contribution in [0.1, 0.15) is 49.5 Å². The number of hydrogen-bond acceptors (Lipinski definition) is 7. The smallest absolute Gasteiger partial charge is 0.408 e. The van der Waals surface area contributed by atoms with Gasteiger partial charge in [-0.15, -0.1) is 0 Å². The molecule has 0 spiro atoms. The molecule has 1 N–H and O–H groups in total. The first kappa shape index (κ1) is 24.8. The van der Waals surface area contributed by atoms with Gasteiger partial charge in [-0.1, -0.05) is 18.2 Å². The Balaban J connectivity index is 1.91. The number of Topliss-reactive ketones (excluding diaryl/α,β-unsaturated/α-hetero) is 1. The minimum absolute atomic E-state index is 0.00408. The standard InChI is InChI=1S/C23H27FN2O6/c1-23(2,3)32-22(29)26-18(21(28)30-4)10-11-19(27)15-9-12-20(25-13-15)31-14-16-7-5-6-8-17(16)24/h5-9,12-13,18H,10-11,14H2,1-4H3,(H,26,29). The number of carbonyl (C=O) groups is 3. The predicted molar refractivity (Wildman–Crippen MR) is 114 cm³/mol. The maximum atomic E-state index is 13.6. The van der Waals surface area contributed by atoms with Crippen molar-refractivity contribution >= 4 is 17.8 Å². The minimum Gasteiger partial charge on any atom is -0.473 e. The average Bonchev–Trinajstić information content (AvgIpc) is 2.74. The molecule has 1 heterocycles. The number of carbonyl (C=O) groups excluding carboxylic acids is 3. The number of amides is 1. The number of esters is 1. The van der Waals surface area contributed by atoms with E-state index >= 15 is 0 Å². The Morgan fingerprint density at radius 2 is 1.84 bits per heavy atom. The fourth-order valence-electron chi connectivity index (χ4n) is 2.66. The van der Waals surface area contributed by atoms with Gasteiger partial charge >= 0.3 is 12.1 Å². The molecule has 0 bridgehead atoms. The number of halogens is 1. The summed E-state index contributed by atoms with van der Waals surface area (Å²) in [5.41, 5.74) is -0.0348. The molecule has 0 aliphatic carbocycles. The van der Waals surface area contributed by atoms with Gasteiger partial charge in [0.2, 0.25) is 5.88 Å². The van der Waals surface area contributed by atoms with Gasteiger partial charge in [-0.05, 0) is 39.3 Å². The summed E-state index contributed by atoms with van der Waals surface area (Å²) in [5.74, 6) is -1.10. The second-order valence-corrected chi connectivity index (χ2v) is 7.95. The second-order valence-electron chi connectivity index (χ2n) is 7.95. The van der Waals surface area contributed by atoms with Crippen molar-refractivity contribution in [2.75, 3.05) is 7.11 Å². The fraction of sp³-hybridized carbons (Fsp3) is 0.391. The van der Waals surface area contributed by atoms with Crippen molar-refractivity contribution in [1.29, 1.82) is 0 Å². The van der Waals surface area contributed by atoms with Gasteiger partial charge in [0.05, 0.1) is 7.11 Å². The van der Waals surface area contributed by atoms with Crippen LogP contribution in [0.25, 0.3) is 0 Å². The molecule has 0 aliphatic heterocycles. The highest BCUT2D eigenvalue weighted by Crippen LogP contribution is 2.15. The number of benzene rings is 1. The number of rotatable bonds is 9. The van der Waals surface area contributed by atoms with E-state index in [4.69, 9.17) is 14.2 Å². The highest BCUT2D eigenvalue weighted by atomic mass is 19.1. The zero-order chi connectivity index (χ0) is 23.7. The van der Waals surface area contributed by atoms with Gasteiger partial charge in [-0.2, -0.15) is 0 Å². The number of methoxy groups -OCH3 is 1. The molecule has 1 atom stereocenters. The Bertz CT molecular complexity index is 940. The number of ketones is 1. The lowest BCUT2D eigenvalue weighted by atomic mass is 10.0. The van der Waals surface area contributed by atoms with Crippen LogP contribution in [0, 0.1) is 5.82 Å². The normalized spacial score (nSPS) is 11.9. The van der Waals surface area contributed by atoms with Crippen molar-refractivity contribution in [1.82, 2.24) is 10.3 Å². The fourth-order valence-corrected chi connectivity index (χ4v) is 2.66. The summed E-state index contributed by atoms with van der Waals surface area (Å²) in [6, 6.07) is 8.24. The van der Waals surface area contributed by atoms with Crippen molar-refractivity contribution in [3.63, 3.8) is 0 Å². The zero-order valence-electron chi connectivity index (χ0n) is 18.5. The first-order chi connectivity index (χ1) is 15.1. The van der Waals surface area contributed by atoms with Crippen LogP contribution in [0.4, 0.5) is 9.18 Å². The van der Waals surface area contributed by atoms with E-state index < -0.39 is 23.7 Å². The molecule has 0 radical (unpaired) electrons. The van der Waals surface area contributed by atoms with Crippen LogP contribution in [0.2, 0.25) is 0 Å². The molecule has 2 rings (SSSR count). The first-order valence-corrected chi connectivity index (χ1v) is 10.0. The number of aromatic nitrogens is 1. The lowest BCUT2D eigenvalue weighted by molar-refractivity contribution is -0.143. The number of pyridine rings is 1. The van der Waals surface area contributed by atoms with Crippen LogP contribution in [-0.4, -0.2) is 41.6 Å². The van der Waals surface area contributed by atoms with Crippen molar-refractivity contribution in [3.8, 4) is 5.88 Å². The Hall–Kier alpha value is -3.49. The van der Waals surface area contributed by atoms with E-state index in [-0.39, 0.29) is 36.9 Å². The molecule has 1 amide bonds. The van der Waals surface area contributed by atoms with E-state index in [1.165, 1.54) is 31.5 Å². The third-order valence-corrected chi connectivity index (χ3v) is 4.23. The van der Waals surface area contributed by atoms with E-state index in [0.29, 0.717) is 11.1 Å². The van der Waals surface area contributed by atoms with Gasteiger partial charge in [-0.25, -0.2) is 19.0 Å². The van der Waals surface area contributed by atoms with Crippen molar-refractivity contribution in [3.05, 3.63) is 59.5 Å². The van der Waals surface area contributed by atoms with E-state index in [2.05, 4.69) is 10.3 Å². The molecular formula is C23H27FN2O6. The summed E-state index contributed by atoms with van der Waals surface area (Å²) in [5, 5.41) is 2.42. The molecule has 2 aromatic rings. The summed E-state index contributed by atoms with van der Waals surface area (Å²) in [4.78, 5) is 40.5. The summed E-state index contributed by atoms with van der Waals surface area (Å²) in [7, 11) is 1.19. The van der Waals surface area contributed by atoms with Crippen LogP contribution in [0.5, 0.6) is 5.88 Å². The van der Waals surface area contributed by atoms with E-state index in [0.717, 1.165) is 0 Å². The Kier molecular flexibility index (Phi) is 8.69. The van der Waals surface area contributed by atoms with Crippen LogP contribution < -0.4 is 10.1 Å². The van der Waals surface area contributed by atoms with E-state index in [1.807, 2.05) is 0 Å². The third kappa shape index (κ3) is 7.98. The largest absolute Gasteiger partial charge is 0.473 e. The highest BCUT2D eigenvalue weighted by molar-refractivity contribution is 5.96. The molecule has 9 heteroatoms. The SMILES string of the molecule is COC(=O)C(CCC(=O)c1ccc(OCc2ccccc2F)nc1)NC(=O)OC(C)(C)C. The Morgan fingerprint density at radius 1 is 1.12 bits per heavy atom. The van der Waals surface area contributed by atoms with Gasteiger partial charge in [0.15, 0.2) is 5.78 Å².